The van der Waals surface area contributed by atoms with E-state index in [0.717, 1.165) is 15.2 Å². The normalized spacial score (nSPS) is 10.4. The minimum atomic E-state index is -1.89. The van der Waals surface area contributed by atoms with Crippen molar-refractivity contribution < 1.29 is 27.1 Å². The molecule has 0 heterocycles. The van der Waals surface area contributed by atoms with Crippen molar-refractivity contribution in [2.75, 3.05) is 12.4 Å². The molecule has 138 valence electrons. The molecule has 0 radical (unpaired) electrons. The molecule has 0 atom stereocenters. The monoisotopic (exact) mass is 562 g/mol. The first-order valence-electron chi connectivity index (χ1n) is 6.64. The fourth-order valence-corrected chi connectivity index (χ4v) is 3.54. The number of anilines is 1. The zero-order chi connectivity index (χ0) is 19.6. The Kier molecular flexibility index (Phi) is 6.80. The lowest BCUT2D eigenvalue weighted by Gasteiger charge is -2.13. The van der Waals surface area contributed by atoms with Crippen LogP contribution in [0.25, 0.3) is 0 Å². The highest BCUT2D eigenvalue weighted by molar-refractivity contribution is 14.1. The van der Waals surface area contributed by atoms with E-state index in [1.807, 2.05) is 27.9 Å². The number of methoxy groups -OCH3 is 1. The van der Waals surface area contributed by atoms with Gasteiger partial charge in [-0.15, -0.1) is 0 Å². The summed E-state index contributed by atoms with van der Waals surface area (Å²) in [5.41, 5.74) is -0.942. The van der Waals surface area contributed by atoms with Crippen molar-refractivity contribution in [1.29, 1.82) is 0 Å². The SMILES string of the molecule is COc1c(F)c(F)c(C(=O)NC(=S)Nc2ccc(Br)cc2I)c(F)c1F. The average molecular weight is 563 g/mol. The first-order valence-corrected chi connectivity index (χ1v) is 8.92. The maximum absolute atomic E-state index is 13.9. The molecule has 0 saturated heterocycles. The number of nitrogens with one attached hydrogen (secondary N) is 2. The van der Waals surface area contributed by atoms with E-state index in [1.54, 1.807) is 18.2 Å². The summed E-state index contributed by atoms with van der Waals surface area (Å²) in [4.78, 5) is 12.0. The van der Waals surface area contributed by atoms with Crippen LogP contribution < -0.4 is 15.4 Å². The predicted molar refractivity (Wildman–Crippen MR) is 103 cm³/mol. The van der Waals surface area contributed by atoms with E-state index in [0.29, 0.717) is 5.69 Å². The van der Waals surface area contributed by atoms with Crippen LogP contribution in [0.2, 0.25) is 0 Å². The minimum Gasteiger partial charge on any atom is -0.491 e. The second kappa shape index (κ2) is 8.48. The maximum atomic E-state index is 13.9. The van der Waals surface area contributed by atoms with Crippen LogP contribution in [0.4, 0.5) is 23.2 Å². The molecule has 0 fully saturated rings. The van der Waals surface area contributed by atoms with E-state index in [9.17, 15) is 22.4 Å². The van der Waals surface area contributed by atoms with Gasteiger partial charge in [0.15, 0.2) is 22.5 Å². The Morgan fingerprint density at radius 3 is 2.23 bits per heavy atom. The number of rotatable bonds is 3. The van der Waals surface area contributed by atoms with Gasteiger partial charge in [0.2, 0.25) is 11.6 Å². The molecule has 2 N–H and O–H groups in total. The standard InChI is InChI=1S/C15H8BrF4IN2O2S/c1-25-13-11(19)9(17)8(10(18)12(13)20)14(24)23-15(26)22-7-3-2-5(16)4-6(7)21/h2-4H,1H3,(H2,22,23,24,26). The molecular weight excluding hydrogens is 555 g/mol. The number of hydrogen-bond acceptors (Lipinski definition) is 3. The third kappa shape index (κ3) is 4.26. The molecular formula is C15H8BrF4IN2O2S. The lowest BCUT2D eigenvalue weighted by atomic mass is 10.1. The number of benzene rings is 2. The van der Waals surface area contributed by atoms with Crippen LogP contribution in [0.3, 0.4) is 0 Å². The first kappa shape index (κ1) is 20.8. The number of carbonyl (C=O) groups is 1. The molecule has 2 rings (SSSR count). The van der Waals surface area contributed by atoms with E-state index in [-0.39, 0.29) is 5.11 Å². The van der Waals surface area contributed by atoms with Gasteiger partial charge in [0.1, 0.15) is 5.56 Å². The van der Waals surface area contributed by atoms with Crippen LogP contribution in [0.15, 0.2) is 22.7 Å². The molecule has 1 amide bonds. The number of amides is 1. The topological polar surface area (TPSA) is 50.4 Å². The highest BCUT2D eigenvalue weighted by Crippen LogP contribution is 2.29. The van der Waals surface area contributed by atoms with E-state index in [1.165, 1.54) is 0 Å². The predicted octanol–water partition coefficient (Wildman–Crippen LogP) is 4.75. The van der Waals surface area contributed by atoms with Gasteiger partial charge in [0.25, 0.3) is 5.91 Å². The van der Waals surface area contributed by atoms with Crippen LogP contribution in [0.5, 0.6) is 5.75 Å². The Balaban J connectivity index is 2.26. The maximum Gasteiger partial charge on any atom is 0.263 e. The van der Waals surface area contributed by atoms with Crippen LogP contribution in [-0.2, 0) is 0 Å². The fraction of sp³-hybridized carbons (Fsp3) is 0.0667. The van der Waals surface area contributed by atoms with Crippen molar-refractivity contribution >= 4 is 67.4 Å². The molecule has 11 heteroatoms. The molecule has 0 bridgehead atoms. The van der Waals surface area contributed by atoms with Crippen molar-refractivity contribution in [3.63, 3.8) is 0 Å². The van der Waals surface area contributed by atoms with Crippen molar-refractivity contribution in [2.24, 2.45) is 0 Å². The number of hydrogen-bond donors (Lipinski definition) is 2. The molecule has 2 aromatic rings. The fourth-order valence-electron chi connectivity index (χ4n) is 1.90. The average Bonchev–Trinajstić information content (AvgIpc) is 2.56. The molecule has 0 aliphatic rings. The zero-order valence-electron chi connectivity index (χ0n) is 12.7. The summed E-state index contributed by atoms with van der Waals surface area (Å²) in [5.74, 6) is -10.1. The molecule has 0 saturated carbocycles. The third-order valence-electron chi connectivity index (χ3n) is 3.06. The van der Waals surface area contributed by atoms with Gasteiger partial charge in [-0.25, -0.2) is 8.78 Å². The number of carbonyl (C=O) groups excluding carboxylic acids is 1. The largest absolute Gasteiger partial charge is 0.491 e. The van der Waals surface area contributed by atoms with Gasteiger partial charge < -0.3 is 10.1 Å². The molecule has 4 nitrogen and oxygen atoms in total. The highest BCUT2D eigenvalue weighted by atomic mass is 127. The summed E-state index contributed by atoms with van der Waals surface area (Å²) in [5, 5.41) is 4.30. The molecule has 0 unspecified atom stereocenters. The second-order valence-electron chi connectivity index (χ2n) is 4.70. The summed E-state index contributed by atoms with van der Waals surface area (Å²) >= 11 is 10.2. The van der Waals surface area contributed by atoms with Gasteiger partial charge in [0, 0.05) is 8.04 Å². The molecule has 2 aromatic carbocycles. The molecule has 0 spiro atoms. The van der Waals surface area contributed by atoms with Crippen molar-refractivity contribution in [3.05, 3.63) is 55.1 Å². The summed E-state index contributed by atoms with van der Waals surface area (Å²) < 4.78 is 61.0. The first-order chi connectivity index (χ1) is 12.2. The van der Waals surface area contributed by atoms with Crippen LogP contribution in [-0.4, -0.2) is 18.1 Å². The number of thiocarbonyl (C=S) groups is 1. The van der Waals surface area contributed by atoms with E-state index in [2.05, 4.69) is 26.0 Å². The van der Waals surface area contributed by atoms with Gasteiger partial charge in [-0.3, -0.25) is 10.1 Å². The number of ether oxygens (including phenoxy) is 1. The van der Waals surface area contributed by atoms with E-state index in [4.69, 9.17) is 12.2 Å². The van der Waals surface area contributed by atoms with Gasteiger partial charge in [-0.2, -0.15) is 8.78 Å². The quantitative estimate of drug-likeness (QED) is 0.245. The Morgan fingerprint density at radius 1 is 1.15 bits per heavy atom. The second-order valence-corrected chi connectivity index (χ2v) is 7.18. The summed E-state index contributed by atoms with van der Waals surface area (Å²) in [7, 11) is 0.832. The van der Waals surface area contributed by atoms with Gasteiger partial charge in [-0.1, -0.05) is 15.9 Å². The Bertz CT molecular complexity index is 885. The molecule has 0 aromatic heterocycles. The van der Waals surface area contributed by atoms with Crippen LogP contribution >= 0.6 is 50.7 Å². The summed E-state index contributed by atoms with van der Waals surface area (Å²) in [6.07, 6.45) is 0. The third-order valence-corrected chi connectivity index (χ3v) is 4.65. The molecule has 0 aliphatic heterocycles. The van der Waals surface area contributed by atoms with Gasteiger partial charge >= 0.3 is 0 Å². The van der Waals surface area contributed by atoms with Crippen molar-refractivity contribution in [1.82, 2.24) is 5.32 Å². The lowest BCUT2D eigenvalue weighted by Crippen LogP contribution is -2.35. The highest BCUT2D eigenvalue weighted by Gasteiger charge is 2.30. The summed E-state index contributed by atoms with van der Waals surface area (Å²) in [6, 6.07) is 5.08. The van der Waals surface area contributed by atoms with E-state index >= 15 is 0 Å². The Hall–Kier alpha value is -1.47. The molecule has 26 heavy (non-hydrogen) atoms. The van der Waals surface area contributed by atoms with Gasteiger partial charge in [0.05, 0.1) is 12.8 Å². The van der Waals surface area contributed by atoms with Gasteiger partial charge in [-0.05, 0) is 53.0 Å². The van der Waals surface area contributed by atoms with Crippen molar-refractivity contribution in [3.8, 4) is 5.75 Å². The molecule has 0 aliphatic carbocycles. The Labute approximate surface area is 172 Å². The zero-order valence-corrected chi connectivity index (χ0v) is 17.3. The van der Waals surface area contributed by atoms with Crippen LogP contribution in [0.1, 0.15) is 10.4 Å². The van der Waals surface area contributed by atoms with Crippen molar-refractivity contribution in [2.45, 2.75) is 0 Å². The smallest absolute Gasteiger partial charge is 0.263 e. The van der Waals surface area contributed by atoms with E-state index < -0.39 is 40.5 Å². The lowest BCUT2D eigenvalue weighted by molar-refractivity contribution is 0.0966. The number of halogens is 6. The minimum absolute atomic E-state index is 0.314. The Morgan fingerprint density at radius 2 is 1.73 bits per heavy atom. The van der Waals surface area contributed by atoms with Crippen LogP contribution in [0, 0.1) is 26.8 Å². The summed E-state index contributed by atoms with van der Waals surface area (Å²) in [6.45, 7) is 0.